The van der Waals surface area contributed by atoms with Crippen LogP contribution in [0, 0.1) is 0 Å². The lowest BCUT2D eigenvalue weighted by atomic mass is 9.99. The highest BCUT2D eigenvalue weighted by Crippen LogP contribution is 2.32. The van der Waals surface area contributed by atoms with E-state index in [4.69, 9.17) is 4.74 Å². The van der Waals surface area contributed by atoms with E-state index in [-0.39, 0.29) is 6.61 Å². The SMILES string of the molecule is CCc1cc2c(NC3(C(=O)O)CCOC3)ncnc2s1. The number of hydrogen-bond acceptors (Lipinski definition) is 6. The number of ether oxygens (including phenoxy) is 1. The molecule has 1 saturated heterocycles. The zero-order valence-electron chi connectivity index (χ0n) is 11.0. The molecule has 1 aliphatic rings. The van der Waals surface area contributed by atoms with Gasteiger partial charge in [-0.05, 0) is 12.5 Å². The number of fused-ring (bicyclic) bond motifs is 1. The Morgan fingerprint density at radius 1 is 1.60 bits per heavy atom. The molecule has 1 atom stereocenters. The van der Waals surface area contributed by atoms with E-state index >= 15 is 0 Å². The number of thiophene rings is 1. The molecule has 1 unspecified atom stereocenters. The minimum atomic E-state index is -1.09. The lowest BCUT2D eigenvalue weighted by Crippen LogP contribution is -2.47. The Morgan fingerprint density at radius 2 is 2.45 bits per heavy atom. The maximum atomic E-state index is 11.5. The van der Waals surface area contributed by atoms with Crippen molar-refractivity contribution in [3.63, 3.8) is 0 Å². The van der Waals surface area contributed by atoms with Crippen molar-refractivity contribution in [3.8, 4) is 0 Å². The molecule has 2 aromatic heterocycles. The Morgan fingerprint density at radius 3 is 3.10 bits per heavy atom. The number of aliphatic carboxylic acids is 1. The predicted octanol–water partition coefficient (Wildman–Crippen LogP) is 1.91. The molecule has 0 saturated carbocycles. The van der Waals surface area contributed by atoms with Gasteiger partial charge in [0.05, 0.1) is 12.0 Å². The number of aromatic nitrogens is 2. The molecular formula is C13H15N3O3S. The number of rotatable bonds is 4. The molecule has 20 heavy (non-hydrogen) atoms. The van der Waals surface area contributed by atoms with Crippen molar-refractivity contribution in [1.29, 1.82) is 0 Å². The summed E-state index contributed by atoms with van der Waals surface area (Å²) in [5.74, 6) is -0.341. The van der Waals surface area contributed by atoms with Crippen molar-refractivity contribution in [2.24, 2.45) is 0 Å². The molecule has 1 fully saturated rings. The predicted molar refractivity (Wildman–Crippen MR) is 76.2 cm³/mol. The van der Waals surface area contributed by atoms with E-state index in [1.54, 1.807) is 11.3 Å². The maximum Gasteiger partial charge on any atom is 0.331 e. The monoisotopic (exact) mass is 293 g/mol. The highest BCUT2D eigenvalue weighted by molar-refractivity contribution is 7.18. The van der Waals surface area contributed by atoms with E-state index in [0.29, 0.717) is 18.8 Å². The van der Waals surface area contributed by atoms with Gasteiger partial charge in [0.25, 0.3) is 0 Å². The van der Waals surface area contributed by atoms with Crippen LogP contribution in [0.15, 0.2) is 12.4 Å². The fourth-order valence-corrected chi connectivity index (χ4v) is 3.23. The molecule has 7 heteroatoms. The van der Waals surface area contributed by atoms with Crippen molar-refractivity contribution in [3.05, 3.63) is 17.3 Å². The molecule has 0 aromatic carbocycles. The zero-order chi connectivity index (χ0) is 14.2. The smallest absolute Gasteiger partial charge is 0.331 e. The summed E-state index contributed by atoms with van der Waals surface area (Å²) < 4.78 is 5.25. The molecular weight excluding hydrogens is 278 g/mol. The lowest BCUT2D eigenvalue weighted by Gasteiger charge is -2.24. The fraction of sp³-hybridized carbons (Fsp3) is 0.462. The molecule has 106 valence electrons. The standard InChI is InChI=1S/C13H15N3O3S/c1-2-8-5-9-10(14-7-15-11(9)20-8)16-13(12(17)18)3-4-19-6-13/h5,7H,2-4,6H2,1H3,(H,17,18)(H,14,15,16). The zero-order valence-corrected chi connectivity index (χ0v) is 11.9. The molecule has 0 aliphatic carbocycles. The quantitative estimate of drug-likeness (QED) is 0.895. The highest BCUT2D eigenvalue weighted by Gasteiger charge is 2.43. The van der Waals surface area contributed by atoms with Crippen molar-refractivity contribution >= 4 is 33.3 Å². The van der Waals surface area contributed by atoms with E-state index in [9.17, 15) is 9.90 Å². The van der Waals surface area contributed by atoms with Crippen molar-refractivity contribution in [2.75, 3.05) is 18.5 Å². The Bertz CT molecular complexity index is 649. The minimum absolute atomic E-state index is 0.151. The normalized spacial score (nSPS) is 22.2. The summed E-state index contributed by atoms with van der Waals surface area (Å²) in [6, 6.07) is 2.02. The number of carbonyl (C=O) groups is 1. The lowest BCUT2D eigenvalue weighted by molar-refractivity contribution is -0.142. The summed E-state index contributed by atoms with van der Waals surface area (Å²) in [6.07, 6.45) is 2.82. The number of carboxylic acids is 1. The van der Waals surface area contributed by atoms with Crippen molar-refractivity contribution < 1.29 is 14.6 Å². The summed E-state index contributed by atoms with van der Waals surface area (Å²) in [4.78, 5) is 22.1. The van der Waals surface area contributed by atoms with Gasteiger partial charge in [0, 0.05) is 17.9 Å². The minimum Gasteiger partial charge on any atom is -0.479 e. The topological polar surface area (TPSA) is 84.3 Å². The molecule has 2 N–H and O–H groups in total. The van der Waals surface area contributed by atoms with Gasteiger partial charge in [-0.25, -0.2) is 14.8 Å². The van der Waals surface area contributed by atoms with Crippen LogP contribution in [-0.4, -0.2) is 39.8 Å². The molecule has 6 nitrogen and oxygen atoms in total. The summed E-state index contributed by atoms with van der Waals surface area (Å²) >= 11 is 1.61. The second kappa shape index (κ2) is 4.99. The molecule has 3 heterocycles. The first-order valence-corrected chi connectivity index (χ1v) is 7.29. The van der Waals surface area contributed by atoms with Crippen LogP contribution < -0.4 is 5.32 Å². The summed E-state index contributed by atoms with van der Waals surface area (Å²) in [6.45, 7) is 2.67. The molecule has 1 aliphatic heterocycles. The van der Waals surface area contributed by atoms with Crippen LogP contribution in [0.3, 0.4) is 0 Å². The number of nitrogens with one attached hydrogen (secondary N) is 1. The maximum absolute atomic E-state index is 11.5. The molecule has 0 radical (unpaired) electrons. The molecule has 0 spiro atoms. The number of nitrogens with zero attached hydrogens (tertiary/aromatic N) is 2. The van der Waals surface area contributed by atoms with E-state index in [0.717, 1.165) is 16.6 Å². The van der Waals surface area contributed by atoms with E-state index < -0.39 is 11.5 Å². The van der Waals surface area contributed by atoms with E-state index in [1.807, 2.05) is 6.07 Å². The van der Waals surface area contributed by atoms with Gasteiger partial charge in [-0.3, -0.25) is 0 Å². The van der Waals surface area contributed by atoms with Gasteiger partial charge in [0.2, 0.25) is 0 Å². The van der Waals surface area contributed by atoms with Gasteiger partial charge < -0.3 is 15.2 Å². The Kier molecular flexibility index (Phi) is 3.31. The number of hydrogen-bond donors (Lipinski definition) is 2. The van der Waals surface area contributed by atoms with Crippen molar-refractivity contribution in [1.82, 2.24) is 9.97 Å². The van der Waals surface area contributed by atoms with Crippen LogP contribution in [0.2, 0.25) is 0 Å². The third kappa shape index (κ3) is 2.12. The average Bonchev–Trinajstić information content (AvgIpc) is 3.05. The van der Waals surface area contributed by atoms with Gasteiger partial charge in [-0.1, -0.05) is 6.92 Å². The van der Waals surface area contributed by atoms with Gasteiger partial charge in [0.15, 0.2) is 5.54 Å². The second-order valence-corrected chi connectivity index (χ2v) is 5.94. The average molecular weight is 293 g/mol. The first-order valence-electron chi connectivity index (χ1n) is 6.47. The fourth-order valence-electron chi connectivity index (χ4n) is 2.29. The Hall–Kier alpha value is -1.73. The van der Waals surface area contributed by atoms with Gasteiger partial charge in [-0.15, -0.1) is 11.3 Å². The number of anilines is 1. The number of carboxylic acid groups (broad SMARTS) is 1. The van der Waals surface area contributed by atoms with Crippen LogP contribution in [-0.2, 0) is 16.0 Å². The van der Waals surface area contributed by atoms with Gasteiger partial charge in [0.1, 0.15) is 17.0 Å². The highest BCUT2D eigenvalue weighted by atomic mass is 32.1. The Balaban J connectivity index is 2.01. The summed E-state index contributed by atoms with van der Waals surface area (Å²) in [7, 11) is 0. The van der Waals surface area contributed by atoms with Crippen molar-refractivity contribution in [2.45, 2.75) is 25.3 Å². The first-order chi connectivity index (χ1) is 9.64. The number of aryl methyl sites for hydroxylation is 1. The third-order valence-electron chi connectivity index (χ3n) is 3.52. The van der Waals surface area contributed by atoms with Crippen LogP contribution in [0.4, 0.5) is 5.82 Å². The Labute approximate surface area is 119 Å². The van der Waals surface area contributed by atoms with Crippen LogP contribution in [0.25, 0.3) is 10.2 Å². The summed E-state index contributed by atoms with van der Waals surface area (Å²) in [5, 5.41) is 13.4. The third-order valence-corrected chi connectivity index (χ3v) is 4.70. The van der Waals surface area contributed by atoms with Crippen LogP contribution in [0.5, 0.6) is 0 Å². The van der Waals surface area contributed by atoms with Crippen LogP contribution >= 0.6 is 11.3 Å². The van der Waals surface area contributed by atoms with Crippen LogP contribution in [0.1, 0.15) is 18.2 Å². The van der Waals surface area contributed by atoms with E-state index in [1.165, 1.54) is 11.2 Å². The van der Waals surface area contributed by atoms with Gasteiger partial charge >= 0.3 is 5.97 Å². The van der Waals surface area contributed by atoms with Gasteiger partial charge in [-0.2, -0.15) is 0 Å². The van der Waals surface area contributed by atoms with E-state index in [2.05, 4.69) is 22.2 Å². The second-order valence-electron chi connectivity index (χ2n) is 4.82. The largest absolute Gasteiger partial charge is 0.479 e. The molecule has 0 amide bonds. The molecule has 2 aromatic rings. The molecule has 3 rings (SSSR count). The first kappa shape index (κ1) is 13.3. The summed E-state index contributed by atoms with van der Waals surface area (Å²) in [5.41, 5.74) is -1.09. The molecule has 0 bridgehead atoms.